The number of hydrogen-bond acceptors (Lipinski definition) is 5. The van der Waals surface area contributed by atoms with Crippen LogP contribution < -0.4 is 0 Å². The molecule has 0 bridgehead atoms. The zero-order valence-electron chi connectivity index (χ0n) is 11.4. The van der Waals surface area contributed by atoms with Crippen molar-refractivity contribution in [3.8, 4) is 0 Å². The molecule has 1 fully saturated rings. The van der Waals surface area contributed by atoms with Gasteiger partial charge in [0.05, 0.1) is 18.7 Å². The van der Waals surface area contributed by atoms with Crippen molar-refractivity contribution in [3.05, 3.63) is 16.1 Å². The summed E-state index contributed by atoms with van der Waals surface area (Å²) in [7, 11) is 0. The Hall–Kier alpha value is -0.550. The van der Waals surface area contributed by atoms with Crippen molar-refractivity contribution >= 4 is 29.1 Å². The molecular formula is C14H21NO2S2. The molecule has 1 saturated carbocycles. The van der Waals surface area contributed by atoms with Crippen LogP contribution in [0.1, 0.15) is 49.7 Å². The van der Waals surface area contributed by atoms with E-state index in [1.54, 1.807) is 11.3 Å². The summed E-state index contributed by atoms with van der Waals surface area (Å²) in [5.41, 5.74) is 1.03. The zero-order chi connectivity index (χ0) is 13.5. The third-order valence-electron chi connectivity index (χ3n) is 3.23. The first-order valence-electron chi connectivity index (χ1n) is 6.98. The summed E-state index contributed by atoms with van der Waals surface area (Å²) in [6, 6.07) is 0. The summed E-state index contributed by atoms with van der Waals surface area (Å²) in [4.78, 5) is 15.9. The van der Waals surface area contributed by atoms with Gasteiger partial charge in [-0.05, 0) is 19.8 Å². The predicted molar refractivity (Wildman–Crippen MR) is 80.6 cm³/mol. The van der Waals surface area contributed by atoms with Crippen LogP contribution in [0.4, 0.5) is 0 Å². The zero-order valence-corrected chi connectivity index (χ0v) is 13.0. The van der Waals surface area contributed by atoms with Crippen LogP contribution in [0.5, 0.6) is 0 Å². The van der Waals surface area contributed by atoms with Crippen molar-refractivity contribution in [2.24, 2.45) is 0 Å². The van der Waals surface area contributed by atoms with E-state index in [-0.39, 0.29) is 5.97 Å². The molecule has 0 saturated heterocycles. The maximum atomic E-state index is 11.3. The molecule has 1 aromatic rings. The van der Waals surface area contributed by atoms with E-state index in [0.29, 0.717) is 19.4 Å². The minimum atomic E-state index is -0.127. The Kier molecular flexibility index (Phi) is 6.17. The first-order chi connectivity index (χ1) is 9.28. The number of carbonyl (C=O) groups is 1. The Morgan fingerprint density at radius 2 is 2.32 bits per heavy atom. The fourth-order valence-electron chi connectivity index (χ4n) is 2.24. The quantitative estimate of drug-likeness (QED) is 0.718. The summed E-state index contributed by atoms with van der Waals surface area (Å²) in [6.07, 6.45) is 6.65. The highest BCUT2D eigenvalue weighted by Gasteiger charge is 2.16. The molecule has 1 aliphatic carbocycles. The number of aryl methyl sites for hydroxylation is 1. The maximum absolute atomic E-state index is 11.3. The van der Waals surface area contributed by atoms with Gasteiger partial charge in [-0.15, -0.1) is 11.3 Å². The summed E-state index contributed by atoms with van der Waals surface area (Å²) < 4.78 is 4.92. The van der Waals surface area contributed by atoms with E-state index in [0.717, 1.165) is 16.7 Å². The van der Waals surface area contributed by atoms with Gasteiger partial charge in [0.2, 0.25) is 0 Å². The number of thioether (sulfide) groups is 1. The van der Waals surface area contributed by atoms with Gasteiger partial charge in [0, 0.05) is 22.8 Å². The summed E-state index contributed by atoms with van der Waals surface area (Å²) in [5, 5.41) is 4.10. The van der Waals surface area contributed by atoms with Crippen LogP contribution in [0, 0.1) is 0 Å². The average molecular weight is 299 g/mol. The SMILES string of the molecule is CCOC(=O)CCc1csc(CSC2CCCC2)n1. The number of carbonyl (C=O) groups excluding carboxylic acids is 1. The van der Waals surface area contributed by atoms with Crippen molar-refractivity contribution in [2.75, 3.05) is 6.61 Å². The number of hydrogen-bond donors (Lipinski definition) is 0. The topological polar surface area (TPSA) is 39.2 Å². The van der Waals surface area contributed by atoms with Gasteiger partial charge in [0.15, 0.2) is 0 Å². The molecule has 106 valence electrons. The minimum Gasteiger partial charge on any atom is -0.466 e. The highest BCUT2D eigenvalue weighted by molar-refractivity contribution is 7.99. The molecule has 5 heteroatoms. The molecule has 3 nitrogen and oxygen atoms in total. The highest BCUT2D eigenvalue weighted by atomic mass is 32.2. The molecule has 0 atom stereocenters. The Balaban J connectivity index is 1.70. The normalized spacial score (nSPS) is 15.8. The fourth-order valence-corrected chi connectivity index (χ4v) is 4.44. The van der Waals surface area contributed by atoms with Gasteiger partial charge >= 0.3 is 5.97 Å². The van der Waals surface area contributed by atoms with E-state index in [1.807, 2.05) is 18.7 Å². The van der Waals surface area contributed by atoms with Crippen LogP contribution in [-0.2, 0) is 21.7 Å². The van der Waals surface area contributed by atoms with Gasteiger partial charge in [0.1, 0.15) is 5.01 Å². The lowest BCUT2D eigenvalue weighted by atomic mass is 10.2. The van der Waals surface area contributed by atoms with Crippen LogP contribution in [0.15, 0.2) is 5.38 Å². The monoisotopic (exact) mass is 299 g/mol. The van der Waals surface area contributed by atoms with E-state index >= 15 is 0 Å². The molecule has 0 unspecified atom stereocenters. The fraction of sp³-hybridized carbons (Fsp3) is 0.714. The molecule has 0 aromatic carbocycles. The first kappa shape index (κ1) is 14.9. The molecule has 1 aliphatic rings. The Morgan fingerprint density at radius 3 is 3.05 bits per heavy atom. The lowest BCUT2D eigenvalue weighted by molar-refractivity contribution is -0.143. The summed E-state index contributed by atoms with van der Waals surface area (Å²) in [6.45, 7) is 2.29. The average Bonchev–Trinajstić information content (AvgIpc) is 3.06. The molecule has 0 radical (unpaired) electrons. The molecule has 0 spiro atoms. The number of ether oxygens (including phenoxy) is 1. The van der Waals surface area contributed by atoms with Crippen molar-refractivity contribution in [3.63, 3.8) is 0 Å². The van der Waals surface area contributed by atoms with Crippen LogP contribution >= 0.6 is 23.1 Å². The van der Waals surface area contributed by atoms with Crippen LogP contribution in [0.2, 0.25) is 0 Å². The van der Waals surface area contributed by atoms with E-state index < -0.39 is 0 Å². The smallest absolute Gasteiger partial charge is 0.306 e. The van der Waals surface area contributed by atoms with Crippen molar-refractivity contribution in [1.29, 1.82) is 0 Å². The Labute approximate surface area is 123 Å². The number of rotatable bonds is 7. The maximum Gasteiger partial charge on any atom is 0.306 e. The third kappa shape index (κ3) is 5.15. The van der Waals surface area contributed by atoms with Gasteiger partial charge in [-0.2, -0.15) is 11.8 Å². The van der Waals surface area contributed by atoms with Crippen molar-refractivity contribution in [2.45, 2.75) is 56.5 Å². The largest absolute Gasteiger partial charge is 0.466 e. The van der Waals surface area contributed by atoms with Gasteiger partial charge in [0.25, 0.3) is 0 Å². The predicted octanol–water partition coefficient (Wildman–Crippen LogP) is 3.81. The molecule has 1 heterocycles. The van der Waals surface area contributed by atoms with Gasteiger partial charge < -0.3 is 4.74 Å². The van der Waals surface area contributed by atoms with Gasteiger partial charge in [-0.25, -0.2) is 4.98 Å². The number of thiazole rings is 1. The molecule has 0 amide bonds. The number of esters is 1. The third-order valence-corrected chi connectivity index (χ3v) is 5.70. The number of aromatic nitrogens is 1. The van der Waals surface area contributed by atoms with Crippen molar-refractivity contribution in [1.82, 2.24) is 4.98 Å². The minimum absolute atomic E-state index is 0.127. The van der Waals surface area contributed by atoms with E-state index in [4.69, 9.17) is 4.74 Å². The first-order valence-corrected chi connectivity index (χ1v) is 8.91. The molecule has 2 rings (SSSR count). The Bertz CT molecular complexity index is 400. The second kappa shape index (κ2) is 7.90. The van der Waals surface area contributed by atoms with Gasteiger partial charge in [-0.3, -0.25) is 4.79 Å². The summed E-state index contributed by atoms with van der Waals surface area (Å²) in [5.74, 6) is 0.895. The van der Waals surface area contributed by atoms with Crippen molar-refractivity contribution < 1.29 is 9.53 Å². The molecule has 19 heavy (non-hydrogen) atoms. The van der Waals surface area contributed by atoms with E-state index in [2.05, 4.69) is 10.4 Å². The van der Waals surface area contributed by atoms with Crippen LogP contribution in [0.25, 0.3) is 0 Å². The lowest BCUT2D eigenvalue weighted by Gasteiger charge is -2.05. The molecule has 1 aromatic heterocycles. The molecule has 0 N–H and O–H groups in total. The molecular weight excluding hydrogens is 278 g/mol. The van der Waals surface area contributed by atoms with E-state index in [9.17, 15) is 4.79 Å². The van der Waals surface area contributed by atoms with Crippen LogP contribution in [0.3, 0.4) is 0 Å². The highest BCUT2D eigenvalue weighted by Crippen LogP contribution is 2.32. The number of nitrogens with zero attached hydrogens (tertiary/aromatic N) is 1. The van der Waals surface area contributed by atoms with Gasteiger partial charge in [-0.1, -0.05) is 12.8 Å². The summed E-state index contributed by atoms with van der Waals surface area (Å²) >= 11 is 3.75. The standard InChI is InChI=1S/C14H21NO2S2/c1-2-17-14(16)8-7-11-9-19-13(15-11)10-18-12-5-3-4-6-12/h9,12H,2-8,10H2,1H3. The van der Waals surface area contributed by atoms with E-state index in [1.165, 1.54) is 30.7 Å². The lowest BCUT2D eigenvalue weighted by Crippen LogP contribution is -2.05. The van der Waals surface area contributed by atoms with Crippen LogP contribution in [-0.4, -0.2) is 22.8 Å². The second-order valence-corrected chi connectivity index (χ2v) is 6.99. The second-order valence-electron chi connectivity index (χ2n) is 4.76. The Morgan fingerprint density at radius 1 is 1.53 bits per heavy atom. The molecule has 0 aliphatic heterocycles.